The predicted molar refractivity (Wildman–Crippen MR) is 31.2 cm³/mol. The van der Waals surface area contributed by atoms with Gasteiger partial charge in [-0.15, -0.1) is 0 Å². The van der Waals surface area contributed by atoms with E-state index in [9.17, 15) is 13.2 Å². The maximum Gasteiger partial charge on any atom is 0.362 e. The minimum absolute atomic E-state index is 0.127. The standard InChI is InChI=1S/C3H6N2O4S/c4-2-1-5(3(2)6)10(7,8)9/h2H,1,4H2,(H,7,8,9). The molecule has 0 aromatic rings. The fourth-order valence-electron chi connectivity index (χ4n) is 0.627. The largest absolute Gasteiger partial charge is 0.362 e. The second-order valence-corrected chi connectivity index (χ2v) is 3.29. The van der Waals surface area contributed by atoms with Crippen LogP contribution in [0.3, 0.4) is 0 Å². The number of carbonyl (C=O) groups is 1. The third-order valence-corrected chi connectivity index (χ3v) is 2.09. The molecule has 7 heteroatoms. The van der Waals surface area contributed by atoms with Gasteiger partial charge >= 0.3 is 10.3 Å². The first kappa shape index (κ1) is 7.45. The van der Waals surface area contributed by atoms with Crippen molar-refractivity contribution in [3.05, 3.63) is 0 Å². The highest BCUT2D eigenvalue weighted by Gasteiger charge is 2.40. The van der Waals surface area contributed by atoms with Gasteiger partial charge in [-0.1, -0.05) is 0 Å². The highest BCUT2D eigenvalue weighted by molar-refractivity contribution is 7.84. The SMILES string of the molecule is NC1CN(S(=O)(=O)O)C1=O. The fraction of sp³-hybridized carbons (Fsp3) is 0.667. The van der Waals surface area contributed by atoms with E-state index in [-0.39, 0.29) is 6.54 Å². The summed E-state index contributed by atoms with van der Waals surface area (Å²) in [6.07, 6.45) is 0. The van der Waals surface area contributed by atoms with Crippen LogP contribution >= 0.6 is 0 Å². The van der Waals surface area contributed by atoms with Crippen molar-refractivity contribution in [3.63, 3.8) is 0 Å². The first-order chi connectivity index (χ1) is 4.43. The van der Waals surface area contributed by atoms with Gasteiger partial charge in [0.1, 0.15) is 6.04 Å². The molecule has 1 fully saturated rings. The Balaban J connectivity index is 2.75. The van der Waals surface area contributed by atoms with Crippen molar-refractivity contribution in [2.45, 2.75) is 6.04 Å². The van der Waals surface area contributed by atoms with Crippen molar-refractivity contribution in [2.24, 2.45) is 5.73 Å². The van der Waals surface area contributed by atoms with E-state index >= 15 is 0 Å². The summed E-state index contributed by atoms with van der Waals surface area (Å²) in [6.45, 7) is -0.127. The van der Waals surface area contributed by atoms with Crippen LogP contribution < -0.4 is 5.73 Å². The summed E-state index contributed by atoms with van der Waals surface area (Å²) < 4.78 is 28.9. The number of rotatable bonds is 1. The lowest BCUT2D eigenvalue weighted by molar-refractivity contribution is -0.135. The number of hydrogen-bond donors (Lipinski definition) is 2. The van der Waals surface area contributed by atoms with Crippen molar-refractivity contribution in [1.29, 1.82) is 0 Å². The Kier molecular flexibility index (Phi) is 1.42. The van der Waals surface area contributed by atoms with Gasteiger partial charge in [-0.3, -0.25) is 9.35 Å². The molecule has 0 bridgehead atoms. The second kappa shape index (κ2) is 1.91. The van der Waals surface area contributed by atoms with E-state index in [1.165, 1.54) is 0 Å². The molecule has 1 atom stereocenters. The first-order valence-electron chi connectivity index (χ1n) is 2.47. The molecule has 1 saturated heterocycles. The smallest absolute Gasteiger partial charge is 0.318 e. The van der Waals surface area contributed by atoms with E-state index in [0.29, 0.717) is 4.31 Å². The van der Waals surface area contributed by atoms with Crippen molar-refractivity contribution in [3.8, 4) is 0 Å². The average Bonchev–Trinajstić information content (AvgIpc) is 1.79. The van der Waals surface area contributed by atoms with Gasteiger partial charge in [0.05, 0.1) is 6.54 Å². The molecule has 0 saturated carbocycles. The van der Waals surface area contributed by atoms with Gasteiger partial charge in [-0.25, -0.2) is 4.31 Å². The topological polar surface area (TPSA) is 101 Å². The van der Waals surface area contributed by atoms with Crippen LogP contribution in [0.5, 0.6) is 0 Å². The molecule has 58 valence electrons. The Hall–Kier alpha value is -0.660. The number of hydrogen-bond acceptors (Lipinski definition) is 4. The summed E-state index contributed by atoms with van der Waals surface area (Å²) in [6, 6.07) is -0.776. The lowest BCUT2D eigenvalue weighted by Gasteiger charge is -2.32. The molecular formula is C3H6N2O4S. The van der Waals surface area contributed by atoms with Gasteiger partial charge in [0.15, 0.2) is 0 Å². The van der Waals surface area contributed by atoms with Crippen molar-refractivity contribution in [2.75, 3.05) is 6.54 Å². The van der Waals surface area contributed by atoms with E-state index in [1.807, 2.05) is 0 Å². The molecule has 0 spiro atoms. The zero-order chi connectivity index (χ0) is 7.94. The highest BCUT2D eigenvalue weighted by atomic mass is 32.2. The van der Waals surface area contributed by atoms with Gasteiger partial charge in [-0.05, 0) is 0 Å². The van der Waals surface area contributed by atoms with Crippen LogP contribution in [0.2, 0.25) is 0 Å². The predicted octanol–water partition coefficient (Wildman–Crippen LogP) is -2.04. The van der Waals surface area contributed by atoms with Gasteiger partial charge in [-0.2, -0.15) is 8.42 Å². The van der Waals surface area contributed by atoms with Crippen LogP contribution in [0.1, 0.15) is 0 Å². The first-order valence-corrected chi connectivity index (χ1v) is 3.87. The lowest BCUT2D eigenvalue weighted by Crippen LogP contribution is -2.62. The fourth-order valence-corrected chi connectivity index (χ4v) is 1.34. The summed E-state index contributed by atoms with van der Waals surface area (Å²) >= 11 is 0. The Bertz CT molecular complexity index is 258. The summed E-state index contributed by atoms with van der Waals surface area (Å²) in [5, 5.41) is 0. The van der Waals surface area contributed by atoms with Crippen LogP contribution in [0.25, 0.3) is 0 Å². The third kappa shape index (κ3) is 0.981. The quantitative estimate of drug-likeness (QED) is 0.345. The highest BCUT2D eigenvalue weighted by Crippen LogP contribution is 2.11. The maximum absolute atomic E-state index is 10.5. The Morgan fingerprint density at radius 1 is 1.70 bits per heavy atom. The number of β-lactam (4-membered cyclic amide) rings is 1. The second-order valence-electron chi connectivity index (χ2n) is 1.95. The van der Waals surface area contributed by atoms with Gasteiger partial charge in [0, 0.05) is 0 Å². The summed E-state index contributed by atoms with van der Waals surface area (Å²) in [5.74, 6) is -0.762. The summed E-state index contributed by atoms with van der Waals surface area (Å²) in [5.41, 5.74) is 5.04. The molecule has 0 aliphatic carbocycles. The van der Waals surface area contributed by atoms with Crippen LogP contribution in [0.15, 0.2) is 0 Å². The average molecular weight is 166 g/mol. The van der Waals surface area contributed by atoms with Gasteiger partial charge < -0.3 is 5.73 Å². The third-order valence-electron chi connectivity index (χ3n) is 1.20. The van der Waals surface area contributed by atoms with E-state index in [2.05, 4.69) is 0 Å². The molecule has 1 aliphatic heterocycles. The molecule has 0 aromatic carbocycles. The Labute approximate surface area is 57.5 Å². The molecule has 0 aromatic heterocycles. The summed E-state index contributed by atoms with van der Waals surface area (Å²) in [7, 11) is -4.34. The van der Waals surface area contributed by atoms with Gasteiger partial charge in [0.2, 0.25) is 0 Å². The number of nitrogens with zero attached hydrogens (tertiary/aromatic N) is 1. The van der Waals surface area contributed by atoms with E-state index in [1.54, 1.807) is 0 Å². The number of nitrogens with two attached hydrogens (primary N) is 1. The molecule has 10 heavy (non-hydrogen) atoms. The number of carbonyl (C=O) groups excluding carboxylic acids is 1. The van der Waals surface area contributed by atoms with E-state index in [4.69, 9.17) is 10.3 Å². The van der Waals surface area contributed by atoms with Crippen molar-refractivity contribution in [1.82, 2.24) is 4.31 Å². The Morgan fingerprint density at radius 2 is 2.20 bits per heavy atom. The monoisotopic (exact) mass is 166 g/mol. The van der Waals surface area contributed by atoms with Crippen LogP contribution in [-0.2, 0) is 15.1 Å². The zero-order valence-electron chi connectivity index (χ0n) is 4.89. The molecule has 1 rings (SSSR count). The van der Waals surface area contributed by atoms with Gasteiger partial charge in [0.25, 0.3) is 5.91 Å². The molecule has 1 unspecified atom stereocenters. The minimum Gasteiger partial charge on any atom is -0.318 e. The minimum atomic E-state index is -4.34. The summed E-state index contributed by atoms with van der Waals surface area (Å²) in [4.78, 5) is 10.5. The lowest BCUT2D eigenvalue weighted by atomic mass is 10.2. The van der Waals surface area contributed by atoms with Crippen LogP contribution in [0.4, 0.5) is 0 Å². The molecule has 1 amide bonds. The maximum atomic E-state index is 10.5. The molecule has 3 N–H and O–H groups in total. The normalized spacial score (nSPS) is 26.4. The number of amides is 1. The van der Waals surface area contributed by atoms with Crippen molar-refractivity contribution >= 4 is 16.2 Å². The Morgan fingerprint density at radius 3 is 2.30 bits per heavy atom. The molecule has 0 radical (unpaired) electrons. The molecule has 6 nitrogen and oxygen atoms in total. The molecular weight excluding hydrogens is 160 g/mol. The van der Waals surface area contributed by atoms with Crippen LogP contribution in [-0.4, -0.2) is 35.8 Å². The van der Waals surface area contributed by atoms with Crippen LogP contribution in [0, 0.1) is 0 Å². The molecule has 1 heterocycles. The molecule has 1 aliphatic rings. The van der Waals surface area contributed by atoms with E-state index in [0.717, 1.165) is 0 Å². The van der Waals surface area contributed by atoms with E-state index < -0.39 is 22.3 Å². The van der Waals surface area contributed by atoms with Crippen molar-refractivity contribution < 1.29 is 17.8 Å². The zero-order valence-corrected chi connectivity index (χ0v) is 5.71.